The lowest BCUT2D eigenvalue weighted by Crippen LogP contribution is -2.31. The molecule has 168 valence electrons. The van der Waals surface area contributed by atoms with Crippen LogP contribution in [-0.4, -0.2) is 36.7 Å². The van der Waals surface area contributed by atoms with E-state index in [1.807, 2.05) is 78.9 Å². The molecule has 0 atom stereocenters. The Morgan fingerprint density at radius 1 is 0.909 bits per heavy atom. The summed E-state index contributed by atoms with van der Waals surface area (Å²) in [5.41, 5.74) is 2.79. The van der Waals surface area contributed by atoms with Crippen LogP contribution in [0.2, 0.25) is 5.02 Å². The first kappa shape index (κ1) is 23.0. The number of carbonyl (C=O) groups excluding carboxylic acids is 1. The molecule has 0 bridgehead atoms. The van der Waals surface area contributed by atoms with Crippen molar-refractivity contribution in [3.05, 3.63) is 93.9 Å². The average molecular weight is 479 g/mol. The van der Waals surface area contributed by atoms with Crippen molar-refractivity contribution in [2.24, 2.45) is 4.99 Å². The third-order valence-corrected chi connectivity index (χ3v) is 6.39. The van der Waals surface area contributed by atoms with Gasteiger partial charge in [0.25, 0.3) is 5.91 Å². The van der Waals surface area contributed by atoms with Crippen LogP contribution in [0.15, 0.2) is 82.7 Å². The highest BCUT2D eigenvalue weighted by molar-refractivity contribution is 8.18. The molecule has 1 saturated heterocycles. The summed E-state index contributed by atoms with van der Waals surface area (Å²) in [6.45, 7) is 0.519. The Morgan fingerprint density at radius 2 is 1.52 bits per heavy atom. The van der Waals surface area contributed by atoms with E-state index in [0.29, 0.717) is 28.1 Å². The highest BCUT2D eigenvalue weighted by atomic mass is 35.5. The van der Waals surface area contributed by atoms with Gasteiger partial charge in [0, 0.05) is 11.6 Å². The van der Waals surface area contributed by atoms with Crippen molar-refractivity contribution in [2.75, 3.05) is 20.8 Å². The Kier molecular flexibility index (Phi) is 7.37. The molecule has 1 aliphatic rings. The number of halogens is 1. The number of hydrogen-bond donors (Lipinski definition) is 0. The lowest BCUT2D eigenvalue weighted by molar-refractivity contribution is -0.122. The molecule has 33 heavy (non-hydrogen) atoms. The van der Waals surface area contributed by atoms with Gasteiger partial charge >= 0.3 is 0 Å². The van der Waals surface area contributed by atoms with E-state index < -0.39 is 0 Å². The number of aliphatic imine (C=N–C) groups is 1. The molecule has 1 aliphatic heterocycles. The fraction of sp³-hybridized carbons (Fsp3) is 0.154. The van der Waals surface area contributed by atoms with Crippen molar-refractivity contribution in [3.8, 4) is 11.5 Å². The number of hydrogen-bond acceptors (Lipinski definition) is 5. The van der Waals surface area contributed by atoms with Crippen LogP contribution in [-0.2, 0) is 11.2 Å². The maximum Gasteiger partial charge on any atom is 0.266 e. The molecule has 0 aromatic heterocycles. The molecule has 0 radical (unpaired) electrons. The van der Waals surface area contributed by atoms with E-state index in [4.69, 9.17) is 26.1 Å². The summed E-state index contributed by atoms with van der Waals surface area (Å²) in [6, 6.07) is 22.7. The molecule has 0 unspecified atom stereocenters. The molecule has 3 aromatic carbocycles. The van der Waals surface area contributed by atoms with Crippen molar-refractivity contribution in [2.45, 2.75) is 6.42 Å². The Labute approximate surface area is 202 Å². The second kappa shape index (κ2) is 10.6. The van der Waals surface area contributed by atoms with Crippen LogP contribution >= 0.6 is 23.4 Å². The molecule has 0 aliphatic carbocycles. The molecular formula is C26H23ClN2O3S. The van der Waals surface area contributed by atoms with Gasteiger partial charge in [-0.2, -0.15) is 0 Å². The standard InChI is InChI=1S/C26H23ClN2O3S/c1-31-22-11-5-18(6-12-22)15-16-29-25(30)24(17-19-3-7-20(27)8-4-19)33-26(29)28-21-9-13-23(32-2)14-10-21/h3-14,17H,15-16H2,1-2H3/b24-17+,28-26?. The molecule has 4 rings (SSSR count). The van der Waals surface area contributed by atoms with Crippen LogP contribution < -0.4 is 9.47 Å². The van der Waals surface area contributed by atoms with Gasteiger partial charge in [0.2, 0.25) is 0 Å². The first-order valence-corrected chi connectivity index (χ1v) is 11.6. The SMILES string of the molecule is COc1ccc(CCN2C(=O)/C(=C\c3ccc(Cl)cc3)SC2=Nc2ccc(OC)cc2)cc1. The summed E-state index contributed by atoms with van der Waals surface area (Å²) in [7, 11) is 3.27. The molecule has 0 N–H and O–H groups in total. The molecule has 7 heteroatoms. The van der Waals surface area contributed by atoms with Gasteiger partial charge in [-0.3, -0.25) is 9.69 Å². The lowest BCUT2D eigenvalue weighted by atomic mass is 10.1. The van der Waals surface area contributed by atoms with Gasteiger partial charge in [0.1, 0.15) is 11.5 Å². The molecule has 5 nitrogen and oxygen atoms in total. The number of benzene rings is 3. The van der Waals surface area contributed by atoms with Crippen molar-refractivity contribution >= 4 is 46.2 Å². The number of ether oxygens (including phenoxy) is 2. The zero-order chi connectivity index (χ0) is 23.2. The van der Waals surface area contributed by atoms with Gasteiger partial charge in [-0.15, -0.1) is 0 Å². The Balaban J connectivity index is 1.60. The maximum atomic E-state index is 13.3. The van der Waals surface area contributed by atoms with E-state index in [1.54, 1.807) is 19.1 Å². The number of thioether (sulfide) groups is 1. The normalized spacial score (nSPS) is 16.0. The van der Waals surface area contributed by atoms with E-state index in [2.05, 4.69) is 0 Å². The molecule has 3 aromatic rings. The smallest absolute Gasteiger partial charge is 0.266 e. The van der Waals surface area contributed by atoms with Gasteiger partial charge in [0.15, 0.2) is 5.17 Å². The highest BCUT2D eigenvalue weighted by Crippen LogP contribution is 2.34. The fourth-order valence-corrected chi connectivity index (χ4v) is 4.45. The monoisotopic (exact) mass is 478 g/mol. The summed E-state index contributed by atoms with van der Waals surface area (Å²) < 4.78 is 10.5. The van der Waals surface area contributed by atoms with Gasteiger partial charge in [-0.25, -0.2) is 4.99 Å². The predicted molar refractivity (Wildman–Crippen MR) is 136 cm³/mol. The third kappa shape index (κ3) is 5.78. The van der Waals surface area contributed by atoms with E-state index in [0.717, 1.165) is 28.3 Å². The Morgan fingerprint density at radius 3 is 2.12 bits per heavy atom. The second-order valence-electron chi connectivity index (χ2n) is 7.31. The molecular weight excluding hydrogens is 456 g/mol. The molecule has 1 heterocycles. The van der Waals surface area contributed by atoms with Gasteiger partial charge in [-0.05, 0) is 83.9 Å². The summed E-state index contributed by atoms with van der Waals surface area (Å²) in [5.74, 6) is 1.51. The van der Waals surface area contributed by atoms with E-state index >= 15 is 0 Å². The number of nitrogens with zero attached hydrogens (tertiary/aromatic N) is 2. The molecule has 0 spiro atoms. The van der Waals surface area contributed by atoms with Crippen LogP contribution in [0.3, 0.4) is 0 Å². The minimum Gasteiger partial charge on any atom is -0.497 e. The van der Waals surface area contributed by atoms with Crippen LogP contribution in [0.1, 0.15) is 11.1 Å². The number of carbonyl (C=O) groups is 1. The predicted octanol–water partition coefficient (Wildman–Crippen LogP) is 6.20. The molecule has 0 saturated carbocycles. The first-order valence-electron chi connectivity index (χ1n) is 10.4. The zero-order valence-corrected chi connectivity index (χ0v) is 19.9. The summed E-state index contributed by atoms with van der Waals surface area (Å²) in [4.78, 5) is 20.4. The van der Waals surface area contributed by atoms with Crippen molar-refractivity contribution in [1.29, 1.82) is 0 Å². The second-order valence-corrected chi connectivity index (χ2v) is 8.76. The van der Waals surface area contributed by atoms with Crippen molar-refractivity contribution < 1.29 is 14.3 Å². The molecule has 1 amide bonds. The number of amidine groups is 1. The van der Waals surface area contributed by atoms with Crippen LogP contribution in [0.25, 0.3) is 6.08 Å². The Bertz CT molecular complexity index is 1170. The van der Waals surface area contributed by atoms with E-state index in [1.165, 1.54) is 11.8 Å². The highest BCUT2D eigenvalue weighted by Gasteiger charge is 2.33. The van der Waals surface area contributed by atoms with Gasteiger partial charge in [0.05, 0.1) is 24.8 Å². The van der Waals surface area contributed by atoms with Crippen LogP contribution in [0, 0.1) is 0 Å². The quantitative estimate of drug-likeness (QED) is 0.379. The summed E-state index contributed by atoms with van der Waals surface area (Å²) >= 11 is 7.37. The van der Waals surface area contributed by atoms with Gasteiger partial charge in [-0.1, -0.05) is 35.9 Å². The van der Waals surface area contributed by atoms with Crippen LogP contribution in [0.4, 0.5) is 5.69 Å². The third-order valence-electron chi connectivity index (χ3n) is 5.14. The maximum absolute atomic E-state index is 13.3. The topological polar surface area (TPSA) is 51.1 Å². The minimum atomic E-state index is -0.0595. The summed E-state index contributed by atoms with van der Waals surface area (Å²) in [5, 5.41) is 1.31. The largest absolute Gasteiger partial charge is 0.497 e. The zero-order valence-electron chi connectivity index (χ0n) is 18.3. The number of methoxy groups -OCH3 is 2. The van der Waals surface area contributed by atoms with E-state index in [9.17, 15) is 4.79 Å². The Hall–Kier alpha value is -3.22. The number of amides is 1. The first-order chi connectivity index (χ1) is 16.1. The van der Waals surface area contributed by atoms with Crippen molar-refractivity contribution in [1.82, 2.24) is 4.90 Å². The number of rotatable bonds is 7. The minimum absolute atomic E-state index is 0.0595. The lowest BCUT2D eigenvalue weighted by Gasteiger charge is -2.16. The van der Waals surface area contributed by atoms with Crippen molar-refractivity contribution in [3.63, 3.8) is 0 Å². The van der Waals surface area contributed by atoms with Crippen LogP contribution in [0.5, 0.6) is 11.5 Å². The molecule has 1 fully saturated rings. The fourth-order valence-electron chi connectivity index (χ4n) is 3.30. The van der Waals surface area contributed by atoms with Gasteiger partial charge < -0.3 is 9.47 Å². The average Bonchev–Trinajstić information content (AvgIpc) is 3.13. The summed E-state index contributed by atoms with van der Waals surface area (Å²) in [6.07, 6.45) is 2.58. The van der Waals surface area contributed by atoms with E-state index in [-0.39, 0.29) is 5.91 Å².